The summed E-state index contributed by atoms with van der Waals surface area (Å²) >= 11 is 0. The van der Waals surface area contributed by atoms with Gasteiger partial charge in [-0.3, -0.25) is 4.79 Å². The zero-order chi connectivity index (χ0) is 20.4. The molecule has 0 aliphatic rings. The number of amides is 1. The first-order valence-electron chi connectivity index (χ1n) is 8.98. The Balaban J connectivity index is 1.68. The number of hydrogen-bond acceptors (Lipinski definition) is 5. The van der Waals surface area contributed by atoms with Crippen LogP contribution in [0, 0.1) is 6.92 Å². The SMILES string of the molecule is COC(=O)c1ccccc1NC(=O)c1cc2nc(-c3ccccc3)cc(C)n2n1. The van der Waals surface area contributed by atoms with E-state index in [2.05, 4.69) is 15.4 Å². The highest BCUT2D eigenvalue weighted by atomic mass is 16.5. The average Bonchev–Trinajstić information content (AvgIpc) is 3.19. The first-order valence-corrected chi connectivity index (χ1v) is 8.98. The number of hydrogen-bond donors (Lipinski definition) is 1. The van der Waals surface area contributed by atoms with E-state index in [0.29, 0.717) is 11.3 Å². The zero-order valence-electron chi connectivity index (χ0n) is 15.9. The number of ether oxygens (including phenoxy) is 1. The molecule has 0 atom stereocenters. The van der Waals surface area contributed by atoms with Crippen molar-refractivity contribution >= 4 is 23.2 Å². The molecule has 4 aromatic rings. The van der Waals surface area contributed by atoms with Crippen molar-refractivity contribution in [2.75, 3.05) is 12.4 Å². The Morgan fingerprint density at radius 1 is 1.00 bits per heavy atom. The third-order valence-electron chi connectivity index (χ3n) is 4.49. The van der Waals surface area contributed by atoms with Gasteiger partial charge in [0.1, 0.15) is 0 Å². The lowest BCUT2D eigenvalue weighted by Crippen LogP contribution is -2.16. The fraction of sp³-hybridized carbons (Fsp3) is 0.0909. The number of carbonyl (C=O) groups is 2. The number of anilines is 1. The number of aryl methyl sites for hydroxylation is 1. The number of methoxy groups -OCH3 is 1. The van der Waals surface area contributed by atoms with E-state index in [0.717, 1.165) is 17.0 Å². The quantitative estimate of drug-likeness (QED) is 0.540. The average molecular weight is 386 g/mol. The topological polar surface area (TPSA) is 85.6 Å². The molecule has 2 heterocycles. The number of nitrogens with one attached hydrogen (secondary N) is 1. The third-order valence-corrected chi connectivity index (χ3v) is 4.49. The largest absolute Gasteiger partial charge is 0.465 e. The van der Waals surface area contributed by atoms with Crippen molar-refractivity contribution in [2.45, 2.75) is 6.92 Å². The van der Waals surface area contributed by atoms with E-state index in [-0.39, 0.29) is 11.3 Å². The van der Waals surface area contributed by atoms with Crippen LogP contribution in [0.25, 0.3) is 16.9 Å². The second kappa shape index (κ2) is 7.55. The predicted octanol–water partition coefficient (Wildman–Crippen LogP) is 3.74. The molecule has 0 aliphatic heterocycles. The summed E-state index contributed by atoms with van der Waals surface area (Å²) in [5.74, 6) is -0.964. The summed E-state index contributed by atoms with van der Waals surface area (Å²) in [6.07, 6.45) is 0. The van der Waals surface area contributed by atoms with Gasteiger partial charge in [-0.1, -0.05) is 42.5 Å². The molecule has 0 aliphatic carbocycles. The first-order chi connectivity index (χ1) is 14.1. The van der Waals surface area contributed by atoms with Crippen molar-refractivity contribution in [2.24, 2.45) is 0 Å². The van der Waals surface area contributed by atoms with Crippen LogP contribution in [0.15, 0.2) is 66.7 Å². The van der Waals surface area contributed by atoms with Gasteiger partial charge in [0.15, 0.2) is 11.3 Å². The lowest BCUT2D eigenvalue weighted by molar-refractivity contribution is 0.0602. The van der Waals surface area contributed by atoms with Crippen molar-refractivity contribution in [3.8, 4) is 11.3 Å². The van der Waals surface area contributed by atoms with Gasteiger partial charge < -0.3 is 10.1 Å². The van der Waals surface area contributed by atoms with Crippen LogP contribution in [0.1, 0.15) is 26.5 Å². The van der Waals surface area contributed by atoms with Gasteiger partial charge in [-0.25, -0.2) is 14.3 Å². The number of benzene rings is 2. The maximum atomic E-state index is 12.7. The van der Waals surface area contributed by atoms with Crippen LogP contribution < -0.4 is 5.32 Å². The number of esters is 1. The summed E-state index contributed by atoms with van der Waals surface area (Å²) in [5, 5.41) is 7.09. The van der Waals surface area contributed by atoms with Gasteiger partial charge in [-0.05, 0) is 25.1 Å². The van der Waals surface area contributed by atoms with Gasteiger partial charge in [-0.15, -0.1) is 0 Å². The van der Waals surface area contributed by atoms with Gasteiger partial charge in [0.25, 0.3) is 5.91 Å². The minimum absolute atomic E-state index is 0.200. The Bertz CT molecular complexity index is 1220. The molecule has 7 nitrogen and oxygen atoms in total. The maximum absolute atomic E-state index is 12.7. The third kappa shape index (κ3) is 3.58. The number of rotatable bonds is 4. The molecule has 0 fully saturated rings. The number of para-hydroxylation sites is 1. The molecular weight excluding hydrogens is 368 g/mol. The summed E-state index contributed by atoms with van der Waals surface area (Å²) in [6.45, 7) is 1.91. The zero-order valence-corrected chi connectivity index (χ0v) is 15.9. The van der Waals surface area contributed by atoms with Crippen LogP contribution in [-0.2, 0) is 4.74 Å². The summed E-state index contributed by atoms with van der Waals surface area (Å²) < 4.78 is 6.38. The minimum Gasteiger partial charge on any atom is -0.465 e. The Hall–Kier alpha value is -4.00. The number of aromatic nitrogens is 3. The molecule has 29 heavy (non-hydrogen) atoms. The first kappa shape index (κ1) is 18.4. The summed E-state index contributed by atoms with van der Waals surface area (Å²) in [5.41, 5.74) is 4.03. The van der Waals surface area contributed by atoms with Crippen LogP contribution in [0.5, 0.6) is 0 Å². The normalized spacial score (nSPS) is 10.7. The monoisotopic (exact) mass is 386 g/mol. The number of nitrogens with zero attached hydrogens (tertiary/aromatic N) is 3. The van der Waals surface area contributed by atoms with Crippen molar-refractivity contribution in [1.82, 2.24) is 14.6 Å². The molecule has 1 N–H and O–H groups in total. The molecule has 144 valence electrons. The van der Waals surface area contributed by atoms with Crippen LogP contribution in [0.3, 0.4) is 0 Å². The summed E-state index contributed by atoms with van der Waals surface area (Å²) in [7, 11) is 1.29. The van der Waals surface area contributed by atoms with Crippen LogP contribution in [-0.4, -0.2) is 33.6 Å². The van der Waals surface area contributed by atoms with Gasteiger partial charge in [0, 0.05) is 17.3 Å². The van der Waals surface area contributed by atoms with E-state index in [9.17, 15) is 9.59 Å². The van der Waals surface area contributed by atoms with Crippen molar-refractivity contribution < 1.29 is 14.3 Å². The van der Waals surface area contributed by atoms with E-state index in [1.807, 2.05) is 43.3 Å². The van der Waals surface area contributed by atoms with E-state index < -0.39 is 11.9 Å². The van der Waals surface area contributed by atoms with E-state index in [4.69, 9.17) is 4.74 Å². The summed E-state index contributed by atoms with van der Waals surface area (Å²) in [4.78, 5) is 29.3. The minimum atomic E-state index is -0.527. The molecule has 7 heteroatoms. The molecular formula is C22H18N4O3. The molecule has 2 aromatic heterocycles. The number of carbonyl (C=O) groups excluding carboxylic acids is 2. The van der Waals surface area contributed by atoms with Gasteiger partial charge in [0.2, 0.25) is 0 Å². The molecule has 2 aromatic carbocycles. The van der Waals surface area contributed by atoms with Crippen LogP contribution in [0.2, 0.25) is 0 Å². The summed E-state index contributed by atoms with van der Waals surface area (Å²) in [6, 6.07) is 20.0. The van der Waals surface area contributed by atoms with Crippen LogP contribution >= 0.6 is 0 Å². The van der Waals surface area contributed by atoms with E-state index in [1.54, 1.807) is 34.8 Å². The molecule has 4 rings (SSSR count). The highest BCUT2D eigenvalue weighted by Crippen LogP contribution is 2.21. The lowest BCUT2D eigenvalue weighted by Gasteiger charge is -2.08. The fourth-order valence-electron chi connectivity index (χ4n) is 3.06. The second-order valence-corrected chi connectivity index (χ2v) is 6.44. The van der Waals surface area contributed by atoms with Crippen molar-refractivity contribution in [3.63, 3.8) is 0 Å². The molecule has 0 saturated carbocycles. The lowest BCUT2D eigenvalue weighted by atomic mass is 10.1. The van der Waals surface area contributed by atoms with Crippen molar-refractivity contribution in [3.05, 3.63) is 83.7 Å². The Morgan fingerprint density at radius 2 is 1.72 bits per heavy atom. The molecule has 0 saturated heterocycles. The van der Waals surface area contributed by atoms with Gasteiger partial charge >= 0.3 is 5.97 Å². The molecule has 0 unspecified atom stereocenters. The fourth-order valence-corrected chi connectivity index (χ4v) is 3.06. The van der Waals surface area contributed by atoms with E-state index >= 15 is 0 Å². The molecule has 0 spiro atoms. The Kier molecular flexibility index (Phi) is 4.78. The standard InChI is InChI=1S/C22H18N4O3/c1-14-12-18(15-8-4-3-5-9-15)23-20-13-19(25-26(14)20)21(27)24-17-11-7-6-10-16(17)22(28)29-2/h3-13H,1-2H3,(H,24,27). The van der Waals surface area contributed by atoms with Gasteiger partial charge in [0.05, 0.1) is 24.1 Å². The molecule has 0 radical (unpaired) electrons. The predicted molar refractivity (Wildman–Crippen MR) is 109 cm³/mol. The Labute approximate surface area is 167 Å². The molecule has 0 bridgehead atoms. The van der Waals surface area contributed by atoms with E-state index in [1.165, 1.54) is 7.11 Å². The molecule has 1 amide bonds. The highest BCUT2D eigenvalue weighted by molar-refractivity contribution is 6.07. The smallest absolute Gasteiger partial charge is 0.339 e. The highest BCUT2D eigenvalue weighted by Gasteiger charge is 2.17. The van der Waals surface area contributed by atoms with Crippen LogP contribution in [0.4, 0.5) is 5.69 Å². The second-order valence-electron chi connectivity index (χ2n) is 6.44. The number of fused-ring (bicyclic) bond motifs is 1. The van der Waals surface area contributed by atoms with Crippen molar-refractivity contribution in [1.29, 1.82) is 0 Å². The maximum Gasteiger partial charge on any atom is 0.339 e. The van der Waals surface area contributed by atoms with Gasteiger partial charge in [-0.2, -0.15) is 5.10 Å². The Morgan fingerprint density at radius 3 is 2.48 bits per heavy atom.